The van der Waals surface area contributed by atoms with Gasteiger partial charge in [-0.1, -0.05) is 92.6 Å². The molecule has 250 valence electrons. The van der Waals surface area contributed by atoms with Gasteiger partial charge in [-0.05, 0) is 41.7 Å². The van der Waals surface area contributed by atoms with Gasteiger partial charge >= 0.3 is 17.9 Å². The maximum Gasteiger partial charge on any atom is 0.359 e. The fourth-order valence-electron chi connectivity index (χ4n) is 4.46. The molecule has 0 spiro atoms. The smallest absolute Gasteiger partial charge is 0.359 e. The van der Waals surface area contributed by atoms with Crippen LogP contribution in [0.5, 0.6) is 5.75 Å². The average Bonchev–Trinajstić information content (AvgIpc) is 3.08. The largest absolute Gasteiger partial charge is 0.481 e. The highest BCUT2D eigenvalue weighted by molar-refractivity contribution is 5.98. The molecule has 0 fully saturated rings. The third-order valence-electron chi connectivity index (χ3n) is 7.02. The van der Waals surface area contributed by atoms with Crippen LogP contribution in [0.3, 0.4) is 0 Å². The van der Waals surface area contributed by atoms with Crippen molar-refractivity contribution in [2.24, 2.45) is 0 Å². The number of hydrogen-bond donors (Lipinski definition) is 3. The molecular weight excluding hydrogens is 604 g/mol. The molecule has 11 nitrogen and oxygen atoms in total. The van der Waals surface area contributed by atoms with E-state index in [4.69, 9.17) is 19.3 Å². The van der Waals surface area contributed by atoms with E-state index in [0.717, 1.165) is 30.4 Å². The number of carboxylic acid groups (broad SMARTS) is 1. The van der Waals surface area contributed by atoms with Crippen molar-refractivity contribution in [1.82, 2.24) is 10.6 Å². The highest BCUT2D eigenvalue weighted by atomic mass is 16.6. The van der Waals surface area contributed by atoms with Gasteiger partial charge in [-0.2, -0.15) is 0 Å². The standard InChI is InChI=1S/C36H42N2O9/c1-2-3-10-22-37-34(42)30(38-31(39)16-11-17-32(40)41)23-26-18-20-29(21-19-26)47-33(35(43)45-24-27-12-6-4-7-13-27)36(44)46-25-28-14-8-5-9-15-28/h4-9,12-15,18-21,30,33H,2-3,10-11,16-17,22-25H2,1H3,(H,37,42)(H,38,39)(H,40,41)/t30-/m0/s1. The molecule has 47 heavy (non-hydrogen) atoms. The van der Waals surface area contributed by atoms with Crippen molar-refractivity contribution in [3.63, 3.8) is 0 Å². The number of rotatable bonds is 20. The second-order valence-electron chi connectivity index (χ2n) is 10.9. The van der Waals surface area contributed by atoms with Gasteiger partial charge in [-0.3, -0.25) is 14.4 Å². The van der Waals surface area contributed by atoms with Crippen molar-refractivity contribution in [3.8, 4) is 5.75 Å². The quantitative estimate of drug-likeness (QED) is 0.0913. The van der Waals surface area contributed by atoms with Gasteiger partial charge in [0.05, 0.1) is 0 Å². The number of carbonyl (C=O) groups is 5. The zero-order valence-electron chi connectivity index (χ0n) is 26.5. The molecule has 11 heteroatoms. The minimum atomic E-state index is -1.69. The molecule has 0 unspecified atom stereocenters. The summed E-state index contributed by atoms with van der Waals surface area (Å²) in [4.78, 5) is 62.4. The van der Waals surface area contributed by atoms with E-state index in [1.54, 1.807) is 72.8 Å². The van der Waals surface area contributed by atoms with E-state index in [2.05, 4.69) is 17.6 Å². The van der Waals surface area contributed by atoms with Gasteiger partial charge in [0.25, 0.3) is 6.10 Å². The van der Waals surface area contributed by atoms with Crippen LogP contribution in [0.1, 0.15) is 62.1 Å². The molecule has 3 aromatic carbocycles. The summed E-state index contributed by atoms with van der Waals surface area (Å²) in [5, 5.41) is 14.4. The topological polar surface area (TPSA) is 157 Å². The number of carboxylic acids is 1. The molecule has 0 bridgehead atoms. The Morgan fingerprint density at radius 1 is 0.702 bits per heavy atom. The first kappa shape index (κ1) is 36.3. The number of amides is 2. The summed E-state index contributed by atoms with van der Waals surface area (Å²) in [5.74, 6) is -3.42. The van der Waals surface area contributed by atoms with Crippen LogP contribution in [0.25, 0.3) is 0 Å². The molecule has 0 aliphatic carbocycles. The summed E-state index contributed by atoms with van der Waals surface area (Å²) in [7, 11) is 0. The summed E-state index contributed by atoms with van der Waals surface area (Å²) in [5.41, 5.74) is 2.14. The van der Waals surface area contributed by atoms with E-state index >= 15 is 0 Å². The monoisotopic (exact) mass is 646 g/mol. The molecule has 0 saturated carbocycles. The first-order valence-electron chi connectivity index (χ1n) is 15.7. The Bertz CT molecular complexity index is 1370. The van der Waals surface area contributed by atoms with Crippen molar-refractivity contribution >= 4 is 29.7 Å². The summed E-state index contributed by atoms with van der Waals surface area (Å²) in [6.07, 6.45) is 1.17. The fourth-order valence-corrected chi connectivity index (χ4v) is 4.46. The van der Waals surface area contributed by atoms with Crippen LogP contribution >= 0.6 is 0 Å². The molecule has 1 atom stereocenters. The Morgan fingerprint density at radius 2 is 1.28 bits per heavy atom. The minimum absolute atomic E-state index is 0.0270. The van der Waals surface area contributed by atoms with Gasteiger partial charge in [0.1, 0.15) is 25.0 Å². The van der Waals surface area contributed by atoms with E-state index < -0.39 is 36.0 Å². The zero-order valence-corrected chi connectivity index (χ0v) is 26.5. The van der Waals surface area contributed by atoms with Crippen molar-refractivity contribution < 1.29 is 43.3 Å². The van der Waals surface area contributed by atoms with Crippen molar-refractivity contribution in [2.45, 2.75) is 77.2 Å². The molecule has 0 radical (unpaired) electrons. The van der Waals surface area contributed by atoms with E-state index in [1.807, 2.05) is 12.1 Å². The van der Waals surface area contributed by atoms with Crippen molar-refractivity contribution in [2.75, 3.05) is 6.54 Å². The van der Waals surface area contributed by atoms with Crippen LogP contribution in [-0.4, -0.2) is 53.5 Å². The molecular formula is C36H42N2O9. The lowest BCUT2D eigenvalue weighted by Gasteiger charge is -2.20. The molecule has 0 aliphatic heterocycles. The molecule has 3 aromatic rings. The van der Waals surface area contributed by atoms with Gasteiger partial charge < -0.3 is 30.0 Å². The molecule has 3 N–H and O–H groups in total. The first-order valence-corrected chi connectivity index (χ1v) is 15.7. The zero-order chi connectivity index (χ0) is 33.9. The Labute approximate surface area is 274 Å². The highest BCUT2D eigenvalue weighted by Crippen LogP contribution is 2.18. The van der Waals surface area contributed by atoms with Gasteiger partial charge in [-0.25, -0.2) is 9.59 Å². The predicted molar refractivity (Wildman–Crippen MR) is 173 cm³/mol. The summed E-state index contributed by atoms with van der Waals surface area (Å²) in [6.45, 7) is 2.40. The lowest BCUT2D eigenvalue weighted by atomic mass is 10.0. The Hall–Kier alpha value is -5.19. The second kappa shape index (κ2) is 20.0. The van der Waals surface area contributed by atoms with Gasteiger partial charge in [-0.15, -0.1) is 0 Å². The number of unbranched alkanes of at least 4 members (excludes halogenated alkanes) is 2. The number of benzene rings is 3. The molecule has 0 heterocycles. The fraction of sp³-hybridized carbons (Fsp3) is 0.361. The van der Waals surface area contributed by atoms with E-state index in [1.165, 1.54) is 0 Å². The van der Waals surface area contributed by atoms with Gasteiger partial charge in [0, 0.05) is 25.8 Å². The Balaban J connectivity index is 1.69. The van der Waals surface area contributed by atoms with Gasteiger partial charge in [0.15, 0.2) is 0 Å². The van der Waals surface area contributed by atoms with Crippen molar-refractivity contribution in [3.05, 3.63) is 102 Å². The lowest BCUT2D eigenvalue weighted by molar-refractivity contribution is -0.168. The van der Waals surface area contributed by atoms with Crippen molar-refractivity contribution in [1.29, 1.82) is 0 Å². The highest BCUT2D eigenvalue weighted by Gasteiger charge is 2.32. The number of nitrogens with one attached hydrogen (secondary N) is 2. The minimum Gasteiger partial charge on any atom is -0.481 e. The van der Waals surface area contributed by atoms with Crippen LogP contribution in [0.2, 0.25) is 0 Å². The molecule has 0 saturated heterocycles. The third-order valence-corrected chi connectivity index (χ3v) is 7.02. The average molecular weight is 647 g/mol. The number of ether oxygens (including phenoxy) is 3. The summed E-state index contributed by atoms with van der Waals surface area (Å²) in [6, 6.07) is 23.5. The maximum absolute atomic E-state index is 13.0. The third kappa shape index (κ3) is 13.8. The Morgan fingerprint density at radius 3 is 1.81 bits per heavy atom. The number of aliphatic carboxylic acids is 1. The van der Waals surface area contributed by atoms with Crippen LogP contribution < -0.4 is 15.4 Å². The van der Waals surface area contributed by atoms with E-state index in [0.29, 0.717) is 12.1 Å². The normalized spacial score (nSPS) is 11.3. The number of esters is 2. The Kier molecular flexibility index (Phi) is 15.5. The number of carbonyl (C=O) groups excluding carboxylic acids is 4. The first-order chi connectivity index (χ1) is 22.7. The molecule has 0 aliphatic rings. The maximum atomic E-state index is 13.0. The predicted octanol–water partition coefficient (Wildman–Crippen LogP) is 4.51. The summed E-state index contributed by atoms with van der Waals surface area (Å²) < 4.78 is 16.5. The van der Waals surface area contributed by atoms with Crippen LogP contribution in [0.15, 0.2) is 84.9 Å². The second-order valence-corrected chi connectivity index (χ2v) is 10.9. The van der Waals surface area contributed by atoms with Crippen LogP contribution in [0, 0.1) is 0 Å². The molecule has 3 rings (SSSR count). The van der Waals surface area contributed by atoms with E-state index in [-0.39, 0.29) is 50.6 Å². The molecule has 2 amide bonds. The van der Waals surface area contributed by atoms with E-state index in [9.17, 15) is 24.0 Å². The number of hydrogen-bond acceptors (Lipinski definition) is 8. The summed E-state index contributed by atoms with van der Waals surface area (Å²) >= 11 is 0. The lowest BCUT2D eigenvalue weighted by Crippen LogP contribution is -2.48. The van der Waals surface area contributed by atoms with Gasteiger partial charge in [0.2, 0.25) is 11.8 Å². The SMILES string of the molecule is CCCCCNC(=O)[C@H](Cc1ccc(OC(C(=O)OCc2ccccc2)C(=O)OCc2ccccc2)cc1)NC(=O)CCCC(=O)O. The molecule has 0 aromatic heterocycles. The van der Waals surface area contributed by atoms with Crippen LogP contribution in [-0.2, 0) is 53.1 Å². The van der Waals surface area contributed by atoms with Crippen LogP contribution in [0.4, 0.5) is 0 Å².